The molecular formula is C15H20N2O2. The zero-order chi connectivity index (χ0) is 13.3. The molecule has 4 heteroatoms. The van der Waals surface area contributed by atoms with Crippen LogP contribution in [0.1, 0.15) is 42.9 Å². The lowest BCUT2D eigenvalue weighted by Gasteiger charge is -2.23. The largest absolute Gasteiger partial charge is 0.380 e. The number of methoxy groups -OCH3 is 1. The number of benzene rings is 1. The van der Waals surface area contributed by atoms with Gasteiger partial charge >= 0.3 is 0 Å². The summed E-state index contributed by atoms with van der Waals surface area (Å²) in [4.78, 5) is 12.1. The van der Waals surface area contributed by atoms with Crippen molar-refractivity contribution in [3.8, 4) is 0 Å². The topological polar surface area (TPSA) is 50.4 Å². The van der Waals surface area contributed by atoms with Gasteiger partial charge in [-0.25, -0.2) is 0 Å². The summed E-state index contributed by atoms with van der Waals surface area (Å²) in [5, 5.41) is 6.63. The van der Waals surface area contributed by atoms with Crippen molar-refractivity contribution in [3.63, 3.8) is 0 Å². The maximum Gasteiger partial charge on any atom is 0.243 e. The minimum Gasteiger partial charge on any atom is -0.380 e. The molecule has 1 spiro atoms. The van der Waals surface area contributed by atoms with Crippen LogP contribution in [0.2, 0.25) is 0 Å². The molecular weight excluding hydrogens is 240 g/mol. The minimum atomic E-state index is -0.213. The van der Waals surface area contributed by atoms with Crippen LogP contribution < -0.4 is 10.6 Å². The summed E-state index contributed by atoms with van der Waals surface area (Å²) in [7, 11) is 1.68. The molecule has 2 N–H and O–H groups in total. The third-order valence-corrected chi connectivity index (χ3v) is 4.13. The molecule has 1 aliphatic heterocycles. The Labute approximate surface area is 113 Å². The van der Waals surface area contributed by atoms with E-state index in [9.17, 15) is 4.79 Å². The Morgan fingerprint density at radius 1 is 1.26 bits per heavy atom. The van der Waals surface area contributed by atoms with E-state index < -0.39 is 0 Å². The van der Waals surface area contributed by atoms with E-state index in [4.69, 9.17) is 4.74 Å². The van der Waals surface area contributed by atoms with Crippen molar-refractivity contribution in [1.82, 2.24) is 10.6 Å². The molecule has 1 amide bonds. The predicted molar refractivity (Wildman–Crippen MR) is 72.4 cm³/mol. The van der Waals surface area contributed by atoms with E-state index in [0.717, 1.165) is 24.0 Å². The van der Waals surface area contributed by atoms with Crippen molar-refractivity contribution < 1.29 is 9.53 Å². The van der Waals surface area contributed by atoms with Crippen molar-refractivity contribution >= 4 is 5.91 Å². The van der Waals surface area contributed by atoms with Gasteiger partial charge in [0.25, 0.3) is 0 Å². The highest BCUT2D eigenvalue weighted by Gasteiger charge is 2.45. The Kier molecular flexibility index (Phi) is 3.29. The van der Waals surface area contributed by atoms with E-state index in [1.54, 1.807) is 7.11 Å². The molecule has 1 unspecified atom stereocenters. The van der Waals surface area contributed by atoms with Crippen molar-refractivity contribution in [2.75, 3.05) is 7.11 Å². The van der Waals surface area contributed by atoms with Gasteiger partial charge in [-0.15, -0.1) is 0 Å². The molecule has 4 nitrogen and oxygen atoms in total. The molecule has 0 radical (unpaired) electrons. The first-order valence-corrected chi connectivity index (χ1v) is 6.90. The van der Waals surface area contributed by atoms with Gasteiger partial charge in [0.2, 0.25) is 5.91 Å². The number of carbonyl (C=O) groups is 1. The van der Waals surface area contributed by atoms with E-state index in [-0.39, 0.29) is 17.6 Å². The molecule has 1 aromatic rings. The Morgan fingerprint density at radius 3 is 2.58 bits per heavy atom. The van der Waals surface area contributed by atoms with Crippen molar-refractivity contribution in [3.05, 3.63) is 35.4 Å². The predicted octanol–water partition coefficient (Wildman–Crippen LogP) is 1.86. The minimum absolute atomic E-state index is 0.0985. The lowest BCUT2D eigenvalue weighted by atomic mass is 10.0. The van der Waals surface area contributed by atoms with Gasteiger partial charge < -0.3 is 10.1 Å². The quantitative estimate of drug-likeness (QED) is 0.872. The fraction of sp³-hybridized carbons (Fsp3) is 0.533. The van der Waals surface area contributed by atoms with E-state index in [0.29, 0.717) is 6.61 Å². The molecule has 1 saturated heterocycles. The Hall–Kier alpha value is -1.39. The molecule has 1 saturated carbocycles. The molecule has 102 valence electrons. The van der Waals surface area contributed by atoms with Crippen molar-refractivity contribution in [1.29, 1.82) is 0 Å². The van der Waals surface area contributed by atoms with Gasteiger partial charge in [0.05, 0.1) is 12.3 Å². The lowest BCUT2D eigenvalue weighted by molar-refractivity contribution is -0.121. The van der Waals surface area contributed by atoms with Gasteiger partial charge in [0, 0.05) is 7.11 Å². The van der Waals surface area contributed by atoms with Crippen LogP contribution in [-0.2, 0) is 16.1 Å². The molecule has 0 aromatic heterocycles. The molecule has 1 atom stereocenters. The maximum atomic E-state index is 12.1. The first-order chi connectivity index (χ1) is 9.22. The fourth-order valence-electron chi connectivity index (χ4n) is 3.14. The van der Waals surface area contributed by atoms with E-state index in [1.807, 2.05) is 24.3 Å². The van der Waals surface area contributed by atoms with Crippen LogP contribution >= 0.6 is 0 Å². The number of ether oxygens (including phenoxy) is 1. The summed E-state index contributed by atoms with van der Waals surface area (Å²) in [5.41, 5.74) is 2.01. The first kappa shape index (κ1) is 12.6. The van der Waals surface area contributed by atoms with Crippen LogP contribution in [0.4, 0.5) is 0 Å². The second-order valence-corrected chi connectivity index (χ2v) is 5.53. The van der Waals surface area contributed by atoms with Crippen molar-refractivity contribution in [2.45, 2.75) is 44.0 Å². The van der Waals surface area contributed by atoms with E-state index in [2.05, 4.69) is 10.6 Å². The molecule has 19 heavy (non-hydrogen) atoms. The summed E-state index contributed by atoms with van der Waals surface area (Å²) < 4.78 is 5.10. The average Bonchev–Trinajstić information content (AvgIpc) is 2.99. The average molecular weight is 260 g/mol. The number of hydrogen-bond acceptors (Lipinski definition) is 3. The maximum absolute atomic E-state index is 12.1. The summed E-state index contributed by atoms with van der Waals surface area (Å²) in [6.45, 7) is 0.606. The molecule has 2 fully saturated rings. The van der Waals surface area contributed by atoms with E-state index >= 15 is 0 Å². The Balaban J connectivity index is 1.76. The Bertz CT molecular complexity index is 464. The van der Waals surface area contributed by atoms with Gasteiger partial charge in [0.1, 0.15) is 6.04 Å². The van der Waals surface area contributed by atoms with Crippen LogP contribution in [0.3, 0.4) is 0 Å². The lowest BCUT2D eigenvalue weighted by Crippen LogP contribution is -2.46. The van der Waals surface area contributed by atoms with Crippen LogP contribution in [0.25, 0.3) is 0 Å². The third kappa shape index (κ3) is 2.38. The highest BCUT2D eigenvalue weighted by molar-refractivity contribution is 5.86. The molecule has 2 aliphatic rings. The van der Waals surface area contributed by atoms with Crippen LogP contribution in [0.15, 0.2) is 24.3 Å². The third-order valence-electron chi connectivity index (χ3n) is 4.13. The number of nitrogens with one attached hydrogen (secondary N) is 2. The fourth-order valence-corrected chi connectivity index (χ4v) is 3.14. The number of amides is 1. The number of hydrogen-bond donors (Lipinski definition) is 2. The molecule has 0 bridgehead atoms. The van der Waals surface area contributed by atoms with Gasteiger partial charge in [-0.2, -0.15) is 0 Å². The zero-order valence-corrected chi connectivity index (χ0v) is 11.2. The van der Waals surface area contributed by atoms with Gasteiger partial charge in [0.15, 0.2) is 0 Å². The van der Waals surface area contributed by atoms with Crippen molar-refractivity contribution in [2.24, 2.45) is 0 Å². The summed E-state index contributed by atoms with van der Waals surface area (Å²) in [6, 6.07) is 7.86. The second kappa shape index (κ2) is 4.94. The monoisotopic (exact) mass is 260 g/mol. The summed E-state index contributed by atoms with van der Waals surface area (Å²) in [6.07, 6.45) is 4.45. The first-order valence-electron chi connectivity index (χ1n) is 6.90. The van der Waals surface area contributed by atoms with Gasteiger partial charge in [-0.1, -0.05) is 24.3 Å². The van der Waals surface area contributed by atoms with E-state index in [1.165, 1.54) is 12.8 Å². The molecule has 1 aliphatic carbocycles. The highest BCUT2D eigenvalue weighted by atomic mass is 16.5. The summed E-state index contributed by atoms with van der Waals surface area (Å²) in [5.74, 6) is 0.0985. The molecule has 1 aromatic carbocycles. The SMILES string of the molecule is COCc1ccc(C2NC3(CCCC3)NC2=O)cc1. The van der Waals surface area contributed by atoms with Gasteiger partial charge in [-0.05, 0) is 36.8 Å². The zero-order valence-electron chi connectivity index (χ0n) is 11.2. The van der Waals surface area contributed by atoms with Gasteiger partial charge in [-0.3, -0.25) is 10.1 Å². The van der Waals surface area contributed by atoms with Crippen LogP contribution in [-0.4, -0.2) is 18.7 Å². The van der Waals surface area contributed by atoms with Crippen LogP contribution in [0.5, 0.6) is 0 Å². The normalized spacial score (nSPS) is 24.9. The summed E-state index contributed by atoms with van der Waals surface area (Å²) >= 11 is 0. The Morgan fingerprint density at radius 2 is 1.95 bits per heavy atom. The number of carbonyl (C=O) groups excluding carboxylic acids is 1. The second-order valence-electron chi connectivity index (χ2n) is 5.53. The van der Waals surface area contributed by atoms with Crippen LogP contribution in [0, 0.1) is 0 Å². The molecule has 1 heterocycles. The standard InChI is InChI=1S/C15H20N2O2/c1-19-10-11-4-6-12(7-5-11)13-14(18)17-15(16-13)8-2-3-9-15/h4-7,13,16H,2-3,8-10H2,1H3,(H,17,18). The smallest absolute Gasteiger partial charge is 0.243 e. The number of rotatable bonds is 3. The molecule has 3 rings (SSSR count). The highest BCUT2D eigenvalue weighted by Crippen LogP contribution is 2.34.